The smallest absolute Gasteiger partial charge is 0.135 e. The van der Waals surface area contributed by atoms with Crippen LogP contribution in [0.25, 0.3) is 0 Å². The molecule has 1 fully saturated rings. The molecule has 1 aromatic rings. The molecule has 0 saturated heterocycles. The number of hydrogen-bond acceptors (Lipinski definition) is 5. The number of aromatic nitrogens is 2. The summed E-state index contributed by atoms with van der Waals surface area (Å²) in [5, 5.41) is 7.59. The Morgan fingerprint density at radius 1 is 1.14 bits per heavy atom. The predicted octanol–water partition coefficient (Wildman–Crippen LogP) is 4.04. The summed E-state index contributed by atoms with van der Waals surface area (Å²) in [6.45, 7) is 6.37. The van der Waals surface area contributed by atoms with Crippen LogP contribution in [0.15, 0.2) is 0 Å². The lowest BCUT2D eigenvalue weighted by molar-refractivity contribution is 0.473. The fourth-order valence-corrected chi connectivity index (χ4v) is 3.83. The van der Waals surface area contributed by atoms with Crippen LogP contribution >= 0.6 is 11.8 Å². The lowest BCUT2D eigenvalue weighted by Gasteiger charge is -2.32. The van der Waals surface area contributed by atoms with Crippen molar-refractivity contribution in [3.63, 3.8) is 0 Å². The maximum absolute atomic E-state index is 4.77. The SMILES string of the molecule is CNc1nc(C(C)C)nc(NC2CCCCC2SC)c1C. The van der Waals surface area contributed by atoms with Crippen molar-refractivity contribution in [1.82, 2.24) is 9.97 Å². The monoisotopic (exact) mass is 308 g/mol. The van der Waals surface area contributed by atoms with Gasteiger partial charge in [0.1, 0.15) is 17.5 Å². The first kappa shape index (κ1) is 16.4. The Balaban J connectivity index is 2.27. The van der Waals surface area contributed by atoms with Crippen molar-refractivity contribution >= 4 is 23.4 Å². The van der Waals surface area contributed by atoms with E-state index >= 15 is 0 Å². The fourth-order valence-electron chi connectivity index (χ4n) is 2.90. The summed E-state index contributed by atoms with van der Waals surface area (Å²) in [6, 6.07) is 0.520. The van der Waals surface area contributed by atoms with Crippen LogP contribution in [0, 0.1) is 6.92 Å². The van der Waals surface area contributed by atoms with Gasteiger partial charge in [-0.2, -0.15) is 11.8 Å². The molecule has 1 aliphatic rings. The van der Waals surface area contributed by atoms with Crippen molar-refractivity contribution in [2.24, 2.45) is 0 Å². The molecule has 1 aliphatic carbocycles. The van der Waals surface area contributed by atoms with Gasteiger partial charge in [0.2, 0.25) is 0 Å². The van der Waals surface area contributed by atoms with Crippen LogP contribution in [0.3, 0.4) is 0 Å². The molecule has 0 aromatic carbocycles. The molecule has 1 saturated carbocycles. The van der Waals surface area contributed by atoms with E-state index in [9.17, 15) is 0 Å². The summed E-state index contributed by atoms with van der Waals surface area (Å²) in [5.74, 6) is 3.18. The van der Waals surface area contributed by atoms with Gasteiger partial charge in [-0.15, -0.1) is 0 Å². The van der Waals surface area contributed by atoms with Crippen molar-refractivity contribution < 1.29 is 0 Å². The van der Waals surface area contributed by atoms with Gasteiger partial charge in [-0.05, 0) is 26.0 Å². The zero-order chi connectivity index (χ0) is 15.4. The first-order chi connectivity index (χ1) is 10.1. The van der Waals surface area contributed by atoms with Crippen LogP contribution < -0.4 is 10.6 Å². The number of thioether (sulfide) groups is 1. The average molecular weight is 308 g/mol. The van der Waals surface area contributed by atoms with Crippen LogP contribution in [0.5, 0.6) is 0 Å². The minimum atomic E-state index is 0.334. The molecule has 0 spiro atoms. The normalized spacial score (nSPS) is 22.4. The molecule has 0 aliphatic heterocycles. The molecule has 21 heavy (non-hydrogen) atoms. The summed E-state index contributed by atoms with van der Waals surface area (Å²) in [4.78, 5) is 9.39. The zero-order valence-corrected chi connectivity index (χ0v) is 14.7. The second-order valence-electron chi connectivity index (χ2n) is 6.12. The van der Waals surface area contributed by atoms with Crippen LogP contribution in [0.2, 0.25) is 0 Å². The molecule has 2 rings (SSSR count). The largest absolute Gasteiger partial charge is 0.373 e. The van der Waals surface area contributed by atoms with Crippen LogP contribution in [0.1, 0.15) is 56.8 Å². The first-order valence-electron chi connectivity index (χ1n) is 7.92. The van der Waals surface area contributed by atoms with Crippen LogP contribution in [-0.2, 0) is 0 Å². The third-order valence-corrected chi connectivity index (χ3v) is 5.41. The average Bonchev–Trinajstić information content (AvgIpc) is 2.49. The molecule has 0 radical (unpaired) electrons. The van der Waals surface area contributed by atoms with Gasteiger partial charge < -0.3 is 10.6 Å². The molecule has 2 unspecified atom stereocenters. The van der Waals surface area contributed by atoms with Crippen molar-refractivity contribution in [3.8, 4) is 0 Å². The van der Waals surface area contributed by atoms with Gasteiger partial charge >= 0.3 is 0 Å². The molecule has 1 heterocycles. The minimum Gasteiger partial charge on any atom is -0.373 e. The highest BCUT2D eigenvalue weighted by Gasteiger charge is 2.25. The Morgan fingerprint density at radius 2 is 1.81 bits per heavy atom. The summed E-state index contributed by atoms with van der Waals surface area (Å²) in [6.07, 6.45) is 7.43. The fraction of sp³-hybridized carbons (Fsp3) is 0.750. The van der Waals surface area contributed by atoms with Crippen LogP contribution in [-0.4, -0.2) is 34.6 Å². The van der Waals surface area contributed by atoms with E-state index in [4.69, 9.17) is 4.98 Å². The first-order valence-corrected chi connectivity index (χ1v) is 9.21. The summed E-state index contributed by atoms with van der Waals surface area (Å²) in [5.41, 5.74) is 1.12. The van der Waals surface area contributed by atoms with Gasteiger partial charge in [-0.25, -0.2) is 9.97 Å². The third-order valence-electron chi connectivity index (χ3n) is 4.24. The second-order valence-corrected chi connectivity index (χ2v) is 7.20. The second kappa shape index (κ2) is 7.34. The number of rotatable bonds is 5. The highest BCUT2D eigenvalue weighted by molar-refractivity contribution is 7.99. The van der Waals surface area contributed by atoms with E-state index in [0.29, 0.717) is 17.2 Å². The molecule has 1 aromatic heterocycles. The molecule has 0 amide bonds. The Bertz CT molecular complexity index is 476. The van der Waals surface area contributed by atoms with Gasteiger partial charge in [-0.1, -0.05) is 26.7 Å². The van der Waals surface area contributed by atoms with Crippen molar-refractivity contribution in [2.45, 2.75) is 63.7 Å². The summed E-state index contributed by atoms with van der Waals surface area (Å²) < 4.78 is 0. The molecule has 2 atom stereocenters. The quantitative estimate of drug-likeness (QED) is 0.860. The number of nitrogens with zero attached hydrogens (tertiary/aromatic N) is 2. The zero-order valence-electron chi connectivity index (χ0n) is 13.9. The number of anilines is 2. The predicted molar refractivity (Wildman–Crippen MR) is 93.6 cm³/mol. The molecule has 118 valence electrons. The van der Waals surface area contributed by atoms with Gasteiger partial charge in [0.25, 0.3) is 0 Å². The molecular weight excluding hydrogens is 280 g/mol. The van der Waals surface area contributed by atoms with Gasteiger partial charge in [0, 0.05) is 29.8 Å². The minimum absolute atomic E-state index is 0.334. The number of nitrogens with one attached hydrogen (secondary N) is 2. The third kappa shape index (κ3) is 3.82. The lowest BCUT2D eigenvalue weighted by atomic mass is 9.94. The summed E-state index contributed by atoms with van der Waals surface area (Å²) >= 11 is 1.98. The van der Waals surface area contributed by atoms with Gasteiger partial charge in [0.15, 0.2) is 0 Å². The lowest BCUT2D eigenvalue weighted by Crippen LogP contribution is -2.35. The topological polar surface area (TPSA) is 49.8 Å². The van der Waals surface area contributed by atoms with E-state index in [1.807, 2.05) is 18.8 Å². The summed E-state index contributed by atoms with van der Waals surface area (Å²) in [7, 11) is 1.93. The molecule has 0 bridgehead atoms. The Morgan fingerprint density at radius 3 is 2.43 bits per heavy atom. The Hall–Kier alpha value is -0.970. The molecular formula is C16H28N4S. The highest BCUT2D eigenvalue weighted by atomic mass is 32.2. The standard InChI is InChI=1S/C16H28N4S/c1-10(2)14-19-15(17-4)11(3)16(20-14)18-12-8-6-7-9-13(12)21-5/h10,12-13H,6-9H2,1-5H3,(H2,17,18,19,20). The van der Waals surface area contributed by atoms with Crippen molar-refractivity contribution in [2.75, 3.05) is 23.9 Å². The highest BCUT2D eigenvalue weighted by Crippen LogP contribution is 2.31. The van der Waals surface area contributed by atoms with E-state index < -0.39 is 0 Å². The molecule has 4 nitrogen and oxygen atoms in total. The van der Waals surface area contributed by atoms with E-state index in [2.05, 4.69) is 42.6 Å². The van der Waals surface area contributed by atoms with Crippen LogP contribution in [0.4, 0.5) is 11.6 Å². The maximum Gasteiger partial charge on any atom is 0.135 e. The Labute approximate surface area is 132 Å². The maximum atomic E-state index is 4.77. The van der Waals surface area contributed by atoms with E-state index in [1.54, 1.807) is 0 Å². The van der Waals surface area contributed by atoms with Crippen molar-refractivity contribution in [1.29, 1.82) is 0 Å². The Kier molecular flexibility index (Phi) is 5.73. The molecule has 2 N–H and O–H groups in total. The van der Waals surface area contributed by atoms with Crippen molar-refractivity contribution in [3.05, 3.63) is 11.4 Å². The van der Waals surface area contributed by atoms with E-state index in [1.165, 1.54) is 25.7 Å². The van der Waals surface area contributed by atoms with E-state index in [0.717, 1.165) is 23.0 Å². The van der Waals surface area contributed by atoms with Gasteiger partial charge in [-0.3, -0.25) is 0 Å². The molecule has 5 heteroatoms. The van der Waals surface area contributed by atoms with E-state index in [-0.39, 0.29) is 0 Å². The number of hydrogen-bond donors (Lipinski definition) is 2. The van der Waals surface area contributed by atoms with Gasteiger partial charge in [0.05, 0.1) is 0 Å².